The predicted octanol–water partition coefficient (Wildman–Crippen LogP) is 9.91. The minimum atomic E-state index is 0.929. The molecule has 0 bridgehead atoms. The van der Waals surface area contributed by atoms with Gasteiger partial charge in [0, 0.05) is 0 Å². The van der Waals surface area contributed by atoms with E-state index in [1.54, 1.807) is 0 Å². The third-order valence-electron chi connectivity index (χ3n) is 5.79. The molecule has 30 heavy (non-hydrogen) atoms. The molecule has 0 radical (unpaired) electrons. The van der Waals surface area contributed by atoms with E-state index in [1.807, 2.05) is 0 Å². The predicted molar refractivity (Wildman–Crippen MR) is 131 cm³/mol. The fraction of sp³-hybridized carbons (Fsp3) is 0.571. The van der Waals surface area contributed by atoms with Gasteiger partial charge in [-0.05, 0) is 61.1 Å². The minimum Gasteiger partial charge on any atom is -0.151 e. The van der Waals surface area contributed by atoms with Gasteiger partial charge >= 0.3 is 0 Å². The Bertz CT molecular complexity index is 624. The lowest BCUT2D eigenvalue weighted by Crippen LogP contribution is -1.86. The molecular formula is C28H42N2. The molecule has 0 saturated carbocycles. The number of hydrogen-bond acceptors (Lipinski definition) is 2. The van der Waals surface area contributed by atoms with E-state index in [0.717, 1.165) is 11.4 Å². The summed E-state index contributed by atoms with van der Waals surface area (Å²) < 4.78 is 0. The topological polar surface area (TPSA) is 24.7 Å². The van der Waals surface area contributed by atoms with Crippen LogP contribution in [0.25, 0.3) is 0 Å². The summed E-state index contributed by atoms with van der Waals surface area (Å²) in [4.78, 5) is 0. The third kappa shape index (κ3) is 10.7. The van der Waals surface area contributed by atoms with E-state index in [9.17, 15) is 0 Å². The standard InChI is InChI=1S/C28H42N2/c1-3-5-7-9-11-13-15-25-17-21-27(22-18-25)29-30-28-23-19-26(20-24-28)16-14-12-10-8-6-4-2/h17-24H,3-16H2,1-2H3/b30-29+. The maximum atomic E-state index is 4.41. The second-order valence-electron chi connectivity index (χ2n) is 8.57. The number of unbranched alkanes of at least 4 members (excludes halogenated alkanes) is 10. The Morgan fingerprint density at radius 3 is 1.13 bits per heavy atom. The summed E-state index contributed by atoms with van der Waals surface area (Å²) in [7, 11) is 0. The van der Waals surface area contributed by atoms with Gasteiger partial charge in [-0.1, -0.05) is 102 Å². The van der Waals surface area contributed by atoms with Gasteiger partial charge in [-0.2, -0.15) is 10.2 Å². The first-order chi connectivity index (χ1) is 14.8. The number of azo groups is 1. The largest absolute Gasteiger partial charge is 0.151 e. The van der Waals surface area contributed by atoms with Crippen LogP contribution < -0.4 is 0 Å². The van der Waals surface area contributed by atoms with Crippen molar-refractivity contribution in [3.8, 4) is 0 Å². The fourth-order valence-electron chi connectivity index (χ4n) is 3.79. The highest BCUT2D eigenvalue weighted by molar-refractivity contribution is 5.42. The molecule has 2 rings (SSSR count). The van der Waals surface area contributed by atoms with Gasteiger partial charge in [0.2, 0.25) is 0 Å². The van der Waals surface area contributed by atoms with Crippen molar-refractivity contribution in [1.82, 2.24) is 0 Å². The van der Waals surface area contributed by atoms with Crippen LogP contribution >= 0.6 is 0 Å². The van der Waals surface area contributed by atoms with Crippen LogP contribution in [0.15, 0.2) is 58.8 Å². The second-order valence-corrected chi connectivity index (χ2v) is 8.57. The average Bonchev–Trinajstić information content (AvgIpc) is 2.79. The molecule has 0 aliphatic rings. The van der Waals surface area contributed by atoms with Crippen molar-refractivity contribution < 1.29 is 0 Å². The van der Waals surface area contributed by atoms with Gasteiger partial charge in [-0.3, -0.25) is 0 Å². The maximum absolute atomic E-state index is 4.41. The van der Waals surface area contributed by atoms with Gasteiger partial charge in [0.1, 0.15) is 0 Å². The highest BCUT2D eigenvalue weighted by Crippen LogP contribution is 2.21. The first-order valence-electron chi connectivity index (χ1n) is 12.4. The van der Waals surface area contributed by atoms with Crippen molar-refractivity contribution in [3.63, 3.8) is 0 Å². The first-order valence-corrected chi connectivity index (χ1v) is 12.4. The van der Waals surface area contributed by atoms with Crippen LogP contribution in [0.1, 0.15) is 102 Å². The lowest BCUT2D eigenvalue weighted by molar-refractivity contribution is 0.607. The van der Waals surface area contributed by atoms with E-state index in [0.29, 0.717) is 0 Å². The van der Waals surface area contributed by atoms with Crippen molar-refractivity contribution in [1.29, 1.82) is 0 Å². The zero-order valence-corrected chi connectivity index (χ0v) is 19.4. The molecule has 0 heterocycles. The van der Waals surface area contributed by atoms with E-state index in [-0.39, 0.29) is 0 Å². The molecule has 2 aromatic rings. The molecule has 0 atom stereocenters. The number of nitrogens with zero attached hydrogens (tertiary/aromatic N) is 2. The Morgan fingerprint density at radius 2 is 0.767 bits per heavy atom. The van der Waals surface area contributed by atoms with Crippen molar-refractivity contribution in [2.24, 2.45) is 10.2 Å². The van der Waals surface area contributed by atoms with Crippen LogP contribution in [0, 0.1) is 0 Å². The molecule has 0 aliphatic carbocycles. The summed E-state index contributed by atoms with van der Waals surface area (Å²) in [5.74, 6) is 0. The molecular weight excluding hydrogens is 364 g/mol. The molecule has 0 unspecified atom stereocenters. The van der Waals surface area contributed by atoms with Gasteiger partial charge in [-0.25, -0.2) is 0 Å². The van der Waals surface area contributed by atoms with Crippen LogP contribution in [0.3, 0.4) is 0 Å². The summed E-state index contributed by atoms with van der Waals surface area (Å²) in [6.07, 6.45) is 18.5. The lowest BCUT2D eigenvalue weighted by Gasteiger charge is -2.03. The second kappa shape index (κ2) is 15.8. The quantitative estimate of drug-likeness (QED) is 0.196. The summed E-state index contributed by atoms with van der Waals surface area (Å²) in [5, 5.41) is 8.81. The van der Waals surface area contributed by atoms with Gasteiger partial charge in [0.25, 0.3) is 0 Å². The van der Waals surface area contributed by atoms with Gasteiger partial charge in [0.15, 0.2) is 0 Å². The molecule has 0 saturated heterocycles. The van der Waals surface area contributed by atoms with Crippen molar-refractivity contribution in [2.75, 3.05) is 0 Å². The molecule has 2 nitrogen and oxygen atoms in total. The third-order valence-corrected chi connectivity index (χ3v) is 5.79. The molecule has 0 aromatic heterocycles. The van der Waals surface area contributed by atoms with E-state index in [1.165, 1.54) is 101 Å². The zero-order chi connectivity index (χ0) is 21.3. The Morgan fingerprint density at radius 1 is 0.433 bits per heavy atom. The summed E-state index contributed by atoms with van der Waals surface area (Å²) in [6.45, 7) is 4.54. The summed E-state index contributed by atoms with van der Waals surface area (Å²) >= 11 is 0. The van der Waals surface area contributed by atoms with Gasteiger partial charge < -0.3 is 0 Å². The molecule has 2 aromatic carbocycles. The fourth-order valence-corrected chi connectivity index (χ4v) is 3.79. The highest BCUT2D eigenvalue weighted by atomic mass is 15.1. The summed E-state index contributed by atoms with van der Waals surface area (Å²) in [6, 6.07) is 17.1. The van der Waals surface area contributed by atoms with Crippen molar-refractivity contribution in [3.05, 3.63) is 59.7 Å². The van der Waals surface area contributed by atoms with E-state index >= 15 is 0 Å². The highest BCUT2D eigenvalue weighted by Gasteiger charge is 1.98. The smallest absolute Gasteiger partial charge is 0.0857 e. The number of aryl methyl sites for hydroxylation is 2. The van der Waals surface area contributed by atoms with Gasteiger partial charge in [0.05, 0.1) is 11.4 Å². The molecule has 164 valence electrons. The Labute approximate surface area is 185 Å². The normalized spacial score (nSPS) is 11.4. The first kappa shape index (κ1) is 24.3. The number of rotatable bonds is 16. The van der Waals surface area contributed by atoms with E-state index in [2.05, 4.69) is 72.6 Å². The van der Waals surface area contributed by atoms with Crippen molar-refractivity contribution >= 4 is 11.4 Å². The number of hydrogen-bond donors (Lipinski definition) is 0. The van der Waals surface area contributed by atoms with Crippen LogP contribution in [0.2, 0.25) is 0 Å². The molecule has 0 aliphatic heterocycles. The molecule has 0 spiro atoms. The van der Waals surface area contributed by atoms with Crippen LogP contribution in [-0.2, 0) is 12.8 Å². The molecule has 0 amide bonds. The molecule has 0 N–H and O–H groups in total. The Hall–Kier alpha value is -1.96. The molecule has 2 heteroatoms. The zero-order valence-electron chi connectivity index (χ0n) is 19.4. The van der Waals surface area contributed by atoms with E-state index < -0.39 is 0 Å². The SMILES string of the molecule is CCCCCCCCc1ccc(/N=N/c2ccc(CCCCCCCC)cc2)cc1. The van der Waals surface area contributed by atoms with Crippen molar-refractivity contribution in [2.45, 2.75) is 104 Å². The van der Waals surface area contributed by atoms with Gasteiger partial charge in [-0.15, -0.1) is 0 Å². The minimum absolute atomic E-state index is 0.929. The maximum Gasteiger partial charge on any atom is 0.0857 e. The Balaban J connectivity index is 1.68. The Kier molecular flexibility index (Phi) is 12.8. The van der Waals surface area contributed by atoms with Crippen LogP contribution in [0.4, 0.5) is 11.4 Å². The van der Waals surface area contributed by atoms with Crippen LogP contribution in [0.5, 0.6) is 0 Å². The van der Waals surface area contributed by atoms with Crippen LogP contribution in [-0.4, -0.2) is 0 Å². The summed E-state index contributed by atoms with van der Waals surface area (Å²) in [5.41, 5.74) is 4.67. The number of benzene rings is 2. The van der Waals surface area contributed by atoms with E-state index in [4.69, 9.17) is 0 Å². The average molecular weight is 407 g/mol. The molecule has 0 fully saturated rings. The lowest BCUT2D eigenvalue weighted by atomic mass is 10.0. The monoisotopic (exact) mass is 406 g/mol.